The largest absolute Gasteiger partial charge is 0.412 e. The molecule has 2 fully saturated rings. The van der Waals surface area contributed by atoms with Gasteiger partial charge in [0.25, 0.3) is 0 Å². The van der Waals surface area contributed by atoms with Crippen molar-refractivity contribution >= 4 is 0 Å². The molecular formula is C12H22O6. The Morgan fingerprint density at radius 2 is 1.61 bits per heavy atom. The fourth-order valence-electron chi connectivity index (χ4n) is 2.02. The molecule has 2 saturated heterocycles. The van der Waals surface area contributed by atoms with Gasteiger partial charge in [0.05, 0.1) is 31.8 Å². The van der Waals surface area contributed by atoms with Crippen molar-refractivity contribution in [1.82, 2.24) is 0 Å². The van der Waals surface area contributed by atoms with Gasteiger partial charge in [-0.3, -0.25) is 0 Å². The average Bonchev–Trinajstić information content (AvgIpc) is 2.41. The van der Waals surface area contributed by atoms with Crippen LogP contribution in [0.2, 0.25) is 0 Å². The highest BCUT2D eigenvalue weighted by molar-refractivity contribution is 4.83. The highest BCUT2D eigenvalue weighted by Crippen LogP contribution is 2.38. The number of ether oxygens (including phenoxy) is 4. The SMILES string of the molecule is CCC1COC2(OC1)OCC(CC)(C(O)O)CO2. The number of aliphatic hydroxyl groups excluding tert-OH is 1. The van der Waals surface area contributed by atoms with Crippen LogP contribution in [0.1, 0.15) is 26.7 Å². The molecule has 2 N–H and O–H groups in total. The quantitative estimate of drug-likeness (QED) is 0.718. The minimum atomic E-state index is -1.48. The van der Waals surface area contributed by atoms with Gasteiger partial charge in [-0.2, -0.15) is 0 Å². The molecular weight excluding hydrogens is 240 g/mol. The molecule has 0 radical (unpaired) electrons. The van der Waals surface area contributed by atoms with Gasteiger partial charge in [0.1, 0.15) is 0 Å². The van der Waals surface area contributed by atoms with E-state index in [0.717, 1.165) is 6.42 Å². The lowest BCUT2D eigenvalue weighted by Crippen LogP contribution is -2.58. The fraction of sp³-hybridized carbons (Fsp3) is 1.00. The molecule has 2 rings (SSSR count). The van der Waals surface area contributed by atoms with Gasteiger partial charge in [-0.15, -0.1) is 0 Å². The minimum Gasteiger partial charge on any atom is -0.367 e. The van der Waals surface area contributed by atoms with E-state index in [9.17, 15) is 10.2 Å². The maximum Gasteiger partial charge on any atom is 0.412 e. The lowest BCUT2D eigenvalue weighted by molar-refractivity contribution is -0.545. The Morgan fingerprint density at radius 1 is 1.06 bits per heavy atom. The summed E-state index contributed by atoms with van der Waals surface area (Å²) in [5.41, 5.74) is -0.806. The van der Waals surface area contributed by atoms with Gasteiger partial charge in [0.15, 0.2) is 6.29 Å². The Kier molecular flexibility index (Phi) is 4.25. The van der Waals surface area contributed by atoms with Gasteiger partial charge in [-0.05, 0) is 12.8 Å². The van der Waals surface area contributed by atoms with Crippen molar-refractivity contribution in [2.24, 2.45) is 11.3 Å². The second kappa shape index (κ2) is 5.40. The van der Waals surface area contributed by atoms with Crippen LogP contribution in [0.5, 0.6) is 0 Å². The molecule has 6 nitrogen and oxygen atoms in total. The molecule has 2 aliphatic rings. The van der Waals surface area contributed by atoms with E-state index in [4.69, 9.17) is 18.9 Å². The second-order valence-corrected chi connectivity index (χ2v) is 5.06. The van der Waals surface area contributed by atoms with E-state index in [2.05, 4.69) is 6.92 Å². The summed E-state index contributed by atoms with van der Waals surface area (Å²) >= 11 is 0. The molecule has 0 aromatic heterocycles. The van der Waals surface area contributed by atoms with Gasteiger partial charge >= 0.3 is 6.16 Å². The van der Waals surface area contributed by atoms with Crippen LogP contribution in [0.15, 0.2) is 0 Å². The Balaban J connectivity index is 1.94. The van der Waals surface area contributed by atoms with Gasteiger partial charge in [0, 0.05) is 5.92 Å². The minimum absolute atomic E-state index is 0.137. The summed E-state index contributed by atoms with van der Waals surface area (Å²) in [4.78, 5) is 0. The molecule has 18 heavy (non-hydrogen) atoms. The zero-order valence-electron chi connectivity index (χ0n) is 10.9. The molecule has 106 valence electrons. The highest BCUT2D eigenvalue weighted by Gasteiger charge is 2.51. The van der Waals surface area contributed by atoms with Gasteiger partial charge in [-0.1, -0.05) is 13.8 Å². The van der Waals surface area contributed by atoms with E-state index >= 15 is 0 Å². The molecule has 0 saturated carbocycles. The molecule has 6 heteroatoms. The molecule has 0 atom stereocenters. The van der Waals surface area contributed by atoms with Crippen molar-refractivity contribution in [3.63, 3.8) is 0 Å². The zero-order chi connectivity index (χ0) is 13.2. The molecule has 0 unspecified atom stereocenters. The van der Waals surface area contributed by atoms with Gasteiger partial charge < -0.3 is 29.2 Å². The number of hydrogen-bond acceptors (Lipinski definition) is 6. The van der Waals surface area contributed by atoms with Crippen LogP contribution < -0.4 is 0 Å². The molecule has 0 aliphatic carbocycles. The van der Waals surface area contributed by atoms with Gasteiger partial charge in [0.2, 0.25) is 0 Å². The Labute approximate surface area is 107 Å². The first-order chi connectivity index (χ1) is 8.56. The first-order valence-electron chi connectivity index (χ1n) is 6.48. The van der Waals surface area contributed by atoms with Crippen LogP contribution in [-0.2, 0) is 18.9 Å². The number of aliphatic hydroxyl groups is 2. The van der Waals surface area contributed by atoms with Crippen LogP contribution in [0.3, 0.4) is 0 Å². The number of rotatable bonds is 3. The van der Waals surface area contributed by atoms with Crippen LogP contribution in [0, 0.1) is 11.3 Å². The summed E-state index contributed by atoms with van der Waals surface area (Å²) in [6, 6.07) is 0. The standard InChI is InChI=1S/C12H22O6/c1-3-9-5-15-12(16-6-9)17-7-11(4-2,8-18-12)10(13)14/h9-10,13-14H,3-8H2,1-2H3. The van der Waals surface area contributed by atoms with Gasteiger partial charge in [-0.25, -0.2) is 0 Å². The van der Waals surface area contributed by atoms with E-state index in [-0.39, 0.29) is 13.2 Å². The molecule has 0 bridgehead atoms. The van der Waals surface area contributed by atoms with Crippen molar-refractivity contribution < 1.29 is 29.2 Å². The summed E-state index contributed by atoms with van der Waals surface area (Å²) < 4.78 is 22.0. The third-order valence-corrected chi connectivity index (χ3v) is 3.89. The Bertz CT molecular complexity index is 262. The molecule has 1 spiro atoms. The normalized spacial score (nSPS) is 41.5. The van der Waals surface area contributed by atoms with E-state index in [1.807, 2.05) is 6.92 Å². The van der Waals surface area contributed by atoms with E-state index in [0.29, 0.717) is 25.6 Å². The smallest absolute Gasteiger partial charge is 0.367 e. The lowest BCUT2D eigenvalue weighted by atomic mass is 9.85. The van der Waals surface area contributed by atoms with E-state index in [1.54, 1.807) is 0 Å². The predicted octanol–water partition coefficient (Wildman–Crippen LogP) is 0.425. The van der Waals surface area contributed by atoms with Crippen LogP contribution in [0.4, 0.5) is 0 Å². The van der Waals surface area contributed by atoms with E-state index in [1.165, 1.54) is 0 Å². The van der Waals surface area contributed by atoms with Crippen molar-refractivity contribution in [3.8, 4) is 0 Å². The monoisotopic (exact) mass is 262 g/mol. The Morgan fingerprint density at radius 3 is 2.00 bits per heavy atom. The van der Waals surface area contributed by atoms with Crippen LogP contribution in [0.25, 0.3) is 0 Å². The van der Waals surface area contributed by atoms with Crippen molar-refractivity contribution in [2.45, 2.75) is 39.1 Å². The lowest BCUT2D eigenvalue weighted by Gasteiger charge is -2.47. The van der Waals surface area contributed by atoms with Crippen molar-refractivity contribution in [1.29, 1.82) is 0 Å². The first-order valence-corrected chi connectivity index (χ1v) is 6.48. The summed E-state index contributed by atoms with van der Waals surface area (Å²) in [5.74, 6) is 0.351. The van der Waals surface area contributed by atoms with Crippen LogP contribution >= 0.6 is 0 Å². The van der Waals surface area contributed by atoms with Crippen LogP contribution in [-0.4, -0.2) is 49.1 Å². The third kappa shape index (κ3) is 2.54. The average molecular weight is 262 g/mol. The fourth-order valence-corrected chi connectivity index (χ4v) is 2.02. The Hall–Kier alpha value is -0.240. The third-order valence-electron chi connectivity index (χ3n) is 3.89. The maximum absolute atomic E-state index is 9.41. The molecule has 2 aliphatic heterocycles. The summed E-state index contributed by atoms with van der Waals surface area (Å²) in [6.45, 7) is 5.26. The first kappa shape index (κ1) is 14.2. The highest BCUT2D eigenvalue weighted by atomic mass is 17.0. The molecule has 0 aromatic carbocycles. The predicted molar refractivity (Wildman–Crippen MR) is 61.3 cm³/mol. The summed E-state index contributed by atoms with van der Waals surface area (Å²) in [6.07, 6.45) is -1.41. The zero-order valence-corrected chi connectivity index (χ0v) is 10.9. The van der Waals surface area contributed by atoms with E-state index < -0.39 is 17.9 Å². The molecule has 2 heterocycles. The summed E-state index contributed by atoms with van der Waals surface area (Å²) in [7, 11) is 0. The molecule has 0 amide bonds. The maximum atomic E-state index is 9.41. The molecule has 0 aromatic rings. The summed E-state index contributed by atoms with van der Waals surface area (Å²) in [5, 5.41) is 18.8. The second-order valence-electron chi connectivity index (χ2n) is 5.06. The number of hydrogen-bond donors (Lipinski definition) is 2. The topological polar surface area (TPSA) is 77.4 Å². The van der Waals surface area contributed by atoms with Crippen molar-refractivity contribution in [2.75, 3.05) is 26.4 Å². The van der Waals surface area contributed by atoms with Crippen molar-refractivity contribution in [3.05, 3.63) is 0 Å².